The van der Waals surface area contributed by atoms with E-state index in [1.807, 2.05) is 26.0 Å². The summed E-state index contributed by atoms with van der Waals surface area (Å²) in [5.41, 5.74) is 1.80. The van der Waals surface area contributed by atoms with Gasteiger partial charge in [0, 0.05) is 0 Å². The van der Waals surface area contributed by atoms with Crippen LogP contribution in [0.3, 0.4) is 0 Å². The van der Waals surface area contributed by atoms with Crippen molar-refractivity contribution in [2.24, 2.45) is 0 Å². The first-order valence-corrected chi connectivity index (χ1v) is 4.24. The van der Waals surface area contributed by atoms with E-state index in [2.05, 4.69) is 0 Å². The van der Waals surface area contributed by atoms with Gasteiger partial charge in [0.15, 0.2) is 0 Å². The number of hydrogen-bond acceptors (Lipinski definition) is 1. The van der Waals surface area contributed by atoms with Crippen molar-refractivity contribution in [3.8, 4) is 0 Å². The summed E-state index contributed by atoms with van der Waals surface area (Å²) in [6, 6.07) is 7.42. The third-order valence-electron chi connectivity index (χ3n) is 1.73. The second-order valence-electron chi connectivity index (χ2n) is 2.92. The first-order chi connectivity index (χ1) is 5.74. The van der Waals surface area contributed by atoms with Crippen molar-refractivity contribution < 1.29 is 4.48 Å². The monoisotopic (exact) mass is 167 g/mol. The highest BCUT2D eigenvalue weighted by molar-refractivity contribution is 5.44. The second kappa shape index (κ2) is 4.10. The molecular formula is C10H14FN. The summed E-state index contributed by atoms with van der Waals surface area (Å²) in [4.78, 5) is 0. The van der Waals surface area contributed by atoms with Crippen LogP contribution in [0.25, 0.3) is 0 Å². The second-order valence-corrected chi connectivity index (χ2v) is 2.92. The van der Waals surface area contributed by atoms with Crippen molar-refractivity contribution in [2.75, 3.05) is 11.7 Å². The number of benzene rings is 1. The van der Waals surface area contributed by atoms with Gasteiger partial charge in [-0.25, -0.2) is 5.12 Å². The molecule has 1 aromatic carbocycles. The van der Waals surface area contributed by atoms with Crippen LogP contribution in [0.4, 0.5) is 10.2 Å². The lowest BCUT2D eigenvalue weighted by atomic mass is 10.2. The molecule has 0 aliphatic heterocycles. The quantitative estimate of drug-likeness (QED) is 0.625. The first kappa shape index (κ1) is 9.04. The van der Waals surface area contributed by atoms with Gasteiger partial charge < -0.3 is 0 Å². The smallest absolute Gasteiger partial charge is 0.0687 e. The molecule has 0 fully saturated rings. The average Bonchev–Trinajstić information content (AvgIpc) is 2.06. The molecular weight excluding hydrogens is 153 g/mol. The lowest BCUT2D eigenvalue weighted by molar-refractivity contribution is 0.432. The zero-order valence-corrected chi connectivity index (χ0v) is 7.55. The van der Waals surface area contributed by atoms with Gasteiger partial charge in [-0.05, 0) is 25.5 Å². The van der Waals surface area contributed by atoms with Crippen LogP contribution in [0.1, 0.15) is 18.9 Å². The molecule has 0 aromatic heterocycles. The molecule has 66 valence electrons. The number of nitrogens with zero attached hydrogens (tertiary/aromatic N) is 1. The largest absolute Gasteiger partial charge is 0.212 e. The van der Waals surface area contributed by atoms with E-state index in [0.29, 0.717) is 12.2 Å². The molecule has 0 bridgehead atoms. The molecule has 0 amide bonds. The van der Waals surface area contributed by atoms with Crippen molar-refractivity contribution >= 4 is 5.69 Å². The van der Waals surface area contributed by atoms with E-state index in [1.54, 1.807) is 12.1 Å². The van der Waals surface area contributed by atoms with Crippen LogP contribution in [0.2, 0.25) is 0 Å². The molecule has 0 heterocycles. The Kier molecular flexibility index (Phi) is 3.09. The number of rotatable bonds is 3. The van der Waals surface area contributed by atoms with Crippen molar-refractivity contribution in [3.05, 3.63) is 29.8 Å². The molecule has 0 saturated carbocycles. The summed E-state index contributed by atoms with van der Waals surface area (Å²) < 4.78 is 13.1. The summed E-state index contributed by atoms with van der Waals surface area (Å²) in [6.07, 6.45) is 0.824. The molecule has 1 rings (SSSR count). The number of halogens is 1. The molecule has 1 nitrogen and oxygen atoms in total. The summed E-state index contributed by atoms with van der Waals surface area (Å²) in [6.45, 7) is 4.41. The van der Waals surface area contributed by atoms with E-state index in [4.69, 9.17) is 0 Å². The fourth-order valence-electron chi connectivity index (χ4n) is 1.03. The fourth-order valence-corrected chi connectivity index (χ4v) is 1.03. The molecule has 0 aliphatic rings. The molecule has 0 saturated heterocycles. The highest BCUT2D eigenvalue weighted by Crippen LogP contribution is 2.15. The molecule has 0 N–H and O–H groups in total. The summed E-state index contributed by atoms with van der Waals surface area (Å²) in [5, 5.41) is 0.777. The maximum absolute atomic E-state index is 13.1. The summed E-state index contributed by atoms with van der Waals surface area (Å²) in [7, 11) is 0. The van der Waals surface area contributed by atoms with Gasteiger partial charge in [0.25, 0.3) is 0 Å². The standard InChI is InChI=1S/C10H14FN/c1-3-8-12(11)10-6-4-9(2)5-7-10/h4-7H,3,8H2,1-2H3. The van der Waals surface area contributed by atoms with Crippen LogP contribution in [-0.4, -0.2) is 6.54 Å². The number of hydrogen-bond donors (Lipinski definition) is 0. The molecule has 0 radical (unpaired) electrons. The Labute approximate surface area is 72.8 Å². The Morgan fingerprint density at radius 1 is 1.25 bits per heavy atom. The Morgan fingerprint density at radius 2 is 1.83 bits per heavy atom. The van der Waals surface area contributed by atoms with E-state index < -0.39 is 0 Å². The Morgan fingerprint density at radius 3 is 2.33 bits per heavy atom. The molecule has 0 unspecified atom stereocenters. The maximum Gasteiger partial charge on any atom is 0.0687 e. The third-order valence-corrected chi connectivity index (χ3v) is 1.73. The topological polar surface area (TPSA) is 3.24 Å². The normalized spacial score (nSPS) is 9.92. The van der Waals surface area contributed by atoms with Gasteiger partial charge in [0.05, 0.1) is 12.2 Å². The van der Waals surface area contributed by atoms with Gasteiger partial charge in [-0.1, -0.05) is 29.1 Å². The summed E-state index contributed by atoms with van der Waals surface area (Å²) >= 11 is 0. The summed E-state index contributed by atoms with van der Waals surface area (Å²) in [5.74, 6) is 0. The molecule has 0 aliphatic carbocycles. The Balaban J connectivity index is 2.68. The van der Waals surface area contributed by atoms with Gasteiger partial charge in [0.1, 0.15) is 0 Å². The van der Waals surface area contributed by atoms with Gasteiger partial charge in [-0.15, -0.1) is 0 Å². The van der Waals surface area contributed by atoms with Crippen molar-refractivity contribution in [3.63, 3.8) is 0 Å². The lowest BCUT2D eigenvalue weighted by Crippen LogP contribution is -2.11. The van der Waals surface area contributed by atoms with Crippen molar-refractivity contribution in [1.82, 2.24) is 0 Å². The third kappa shape index (κ3) is 2.22. The Bertz CT molecular complexity index is 230. The van der Waals surface area contributed by atoms with Crippen LogP contribution >= 0.6 is 0 Å². The molecule has 0 spiro atoms. The number of aryl methyl sites for hydroxylation is 1. The van der Waals surface area contributed by atoms with Gasteiger partial charge >= 0.3 is 0 Å². The molecule has 0 atom stereocenters. The van der Waals surface area contributed by atoms with Crippen LogP contribution in [0, 0.1) is 6.92 Å². The van der Waals surface area contributed by atoms with Crippen LogP contribution in [-0.2, 0) is 0 Å². The highest BCUT2D eigenvalue weighted by Gasteiger charge is 2.01. The predicted octanol–water partition coefficient (Wildman–Crippen LogP) is 3.10. The first-order valence-electron chi connectivity index (χ1n) is 4.24. The zero-order chi connectivity index (χ0) is 8.97. The van der Waals surface area contributed by atoms with E-state index in [9.17, 15) is 4.48 Å². The molecule has 2 heteroatoms. The average molecular weight is 167 g/mol. The highest BCUT2D eigenvalue weighted by atomic mass is 19.2. The van der Waals surface area contributed by atoms with Crippen molar-refractivity contribution in [2.45, 2.75) is 20.3 Å². The van der Waals surface area contributed by atoms with E-state index in [1.165, 1.54) is 0 Å². The molecule has 1 aromatic rings. The SMILES string of the molecule is CCCN(F)c1ccc(C)cc1. The maximum atomic E-state index is 13.1. The minimum absolute atomic E-state index is 0.461. The Hall–Kier alpha value is -1.05. The van der Waals surface area contributed by atoms with Crippen LogP contribution in [0.5, 0.6) is 0 Å². The minimum Gasteiger partial charge on any atom is -0.212 e. The van der Waals surface area contributed by atoms with E-state index in [-0.39, 0.29) is 0 Å². The zero-order valence-electron chi connectivity index (χ0n) is 7.55. The lowest BCUT2D eigenvalue weighted by Gasteiger charge is -2.12. The van der Waals surface area contributed by atoms with E-state index >= 15 is 0 Å². The van der Waals surface area contributed by atoms with Gasteiger partial charge in [-0.2, -0.15) is 0 Å². The van der Waals surface area contributed by atoms with Gasteiger partial charge in [-0.3, -0.25) is 0 Å². The van der Waals surface area contributed by atoms with Crippen LogP contribution < -0.4 is 5.12 Å². The minimum atomic E-state index is 0.461. The fraction of sp³-hybridized carbons (Fsp3) is 0.400. The van der Waals surface area contributed by atoms with Gasteiger partial charge in [0.2, 0.25) is 0 Å². The number of anilines is 1. The predicted molar refractivity (Wildman–Crippen MR) is 49.9 cm³/mol. The van der Waals surface area contributed by atoms with E-state index in [0.717, 1.165) is 17.1 Å². The molecule has 12 heavy (non-hydrogen) atoms. The van der Waals surface area contributed by atoms with Crippen LogP contribution in [0.15, 0.2) is 24.3 Å². The van der Waals surface area contributed by atoms with Crippen molar-refractivity contribution in [1.29, 1.82) is 0 Å².